The largest absolute Gasteiger partial charge is 0.350 e. The number of hydrogen-bond acceptors (Lipinski definition) is 3. The lowest BCUT2D eigenvalue weighted by Crippen LogP contribution is -2.27. The highest BCUT2D eigenvalue weighted by molar-refractivity contribution is 6.30. The predicted octanol–water partition coefficient (Wildman–Crippen LogP) is 0.700. The van der Waals surface area contributed by atoms with Crippen molar-refractivity contribution >= 4 is 17.5 Å². The fourth-order valence-electron chi connectivity index (χ4n) is 1.39. The van der Waals surface area contributed by atoms with Gasteiger partial charge in [-0.05, 0) is 0 Å². The van der Waals surface area contributed by atoms with E-state index in [4.69, 9.17) is 11.6 Å². The van der Waals surface area contributed by atoms with Gasteiger partial charge in [0.1, 0.15) is 0 Å². The van der Waals surface area contributed by atoms with E-state index in [1.54, 1.807) is 35.0 Å². The molecule has 2 aromatic heterocycles. The van der Waals surface area contributed by atoms with Crippen molar-refractivity contribution in [3.63, 3.8) is 0 Å². The number of carbonyl (C=O) groups is 1. The molecule has 1 N–H and O–H groups in total. The van der Waals surface area contributed by atoms with Crippen molar-refractivity contribution in [3.8, 4) is 0 Å². The number of rotatable bonds is 4. The first-order valence-electron chi connectivity index (χ1n) is 5.10. The standard InChI is InChI=1S/C10H12ClN5O/c1-15-6-8(4-13-15)10(17)12-2-3-16-7-9(11)5-14-16/h4-7H,2-3H2,1H3,(H,12,17). The van der Waals surface area contributed by atoms with E-state index in [-0.39, 0.29) is 5.91 Å². The Morgan fingerprint density at radius 2 is 2.24 bits per heavy atom. The molecular formula is C10H12ClN5O. The molecule has 0 radical (unpaired) electrons. The quantitative estimate of drug-likeness (QED) is 0.872. The van der Waals surface area contributed by atoms with Crippen LogP contribution in [0.15, 0.2) is 24.8 Å². The predicted molar refractivity (Wildman–Crippen MR) is 62.8 cm³/mol. The molecule has 2 aromatic rings. The minimum Gasteiger partial charge on any atom is -0.350 e. The van der Waals surface area contributed by atoms with Gasteiger partial charge < -0.3 is 5.32 Å². The van der Waals surface area contributed by atoms with Crippen molar-refractivity contribution in [1.29, 1.82) is 0 Å². The first-order chi connectivity index (χ1) is 8.15. The highest BCUT2D eigenvalue weighted by Gasteiger charge is 2.06. The summed E-state index contributed by atoms with van der Waals surface area (Å²) in [5.74, 6) is -0.142. The number of nitrogens with zero attached hydrogens (tertiary/aromatic N) is 4. The molecule has 6 nitrogen and oxygen atoms in total. The molecule has 0 atom stereocenters. The van der Waals surface area contributed by atoms with Crippen molar-refractivity contribution in [2.45, 2.75) is 6.54 Å². The van der Waals surface area contributed by atoms with Gasteiger partial charge in [0.2, 0.25) is 0 Å². The number of carbonyl (C=O) groups excluding carboxylic acids is 1. The third kappa shape index (κ3) is 3.07. The van der Waals surface area contributed by atoms with E-state index in [0.717, 1.165) is 0 Å². The summed E-state index contributed by atoms with van der Waals surface area (Å²) in [6.45, 7) is 1.07. The summed E-state index contributed by atoms with van der Waals surface area (Å²) in [5, 5.41) is 11.3. The SMILES string of the molecule is Cn1cc(C(=O)NCCn2cc(Cl)cn2)cn1. The summed E-state index contributed by atoms with van der Waals surface area (Å²) < 4.78 is 3.26. The summed E-state index contributed by atoms with van der Waals surface area (Å²) in [7, 11) is 1.77. The van der Waals surface area contributed by atoms with Crippen LogP contribution in [0.4, 0.5) is 0 Å². The van der Waals surface area contributed by atoms with Crippen molar-refractivity contribution in [1.82, 2.24) is 24.9 Å². The minimum atomic E-state index is -0.142. The van der Waals surface area contributed by atoms with Crippen LogP contribution in [0.3, 0.4) is 0 Å². The maximum Gasteiger partial charge on any atom is 0.254 e. The number of aromatic nitrogens is 4. The van der Waals surface area contributed by atoms with Crippen LogP contribution >= 0.6 is 11.6 Å². The molecule has 0 fully saturated rings. The van der Waals surface area contributed by atoms with Gasteiger partial charge in [-0.2, -0.15) is 10.2 Å². The number of hydrogen-bond donors (Lipinski definition) is 1. The molecule has 0 aliphatic heterocycles. The molecule has 17 heavy (non-hydrogen) atoms. The van der Waals surface area contributed by atoms with Crippen LogP contribution in [0.2, 0.25) is 5.02 Å². The molecule has 0 saturated heterocycles. The lowest BCUT2D eigenvalue weighted by atomic mass is 10.3. The summed E-state index contributed by atoms with van der Waals surface area (Å²) in [4.78, 5) is 11.6. The van der Waals surface area contributed by atoms with Crippen molar-refractivity contribution in [2.75, 3.05) is 6.54 Å². The Kier molecular flexibility index (Phi) is 3.43. The zero-order chi connectivity index (χ0) is 12.3. The van der Waals surface area contributed by atoms with E-state index >= 15 is 0 Å². The van der Waals surface area contributed by atoms with Crippen LogP contribution in [-0.2, 0) is 13.6 Å². The van der Waals surface area contributed by atoms with E-state index in [2.05, 4.69) is 15.5 Å². The lowest BCUT2D eigenvalue weighted by Gasteiger charge is -2.03. The van der Waals surface area contributed by atoms with Crippen LogP contribution < -0.4 is 5.32 Å². The molecule has 0 aliphatic carbocycles. The molecule has 0 unspecified atom stereocenters. The fraction of sp³-hybridized carbons (Fsp3) is 0.300. The maximum atomic E-state index is 11.6. The zero-order valence-corrected chi connectivity index (χ0v) is 10.1. The van der Waals surface area contributed by atoms with Crippen molar-refractivity contribution in [2.24, 2.45) is 7.05 Å². The third-order valence-electron chi connectivity index (χ3n) is 2.20. The number of aryl methyl sites for hydroxylation is 1. The van der Waals surface area contributed by atoms with Gasteiger partial charge in [0, 0.05) is 26.0 Å². The van der Waals surface area contributed by atoms with E-state index < -0.39 is 0 Å². The summed E-state index contributed by atoms with van der Waals surface area (Å²) in [5.41, 5.74) is 0.547. The Morgan fingerprint density at radius 3 is 2.82 bits per heavy atom. The molecular weight excluding hydrogens is 242 g/mol. The summed E-state index contributed by atoms with van der Waals surface area (Å²) in [6.07, 6.45) is 6.46. The maximum absolute atomic E-state index is 11.6. The minimum absolute atomic E-state index is 0.142. The van der Waals surface area contributed by atoms with Crippen LogP contribution in [0.1, 0.15) is 10.4 Å². The summed E-state index contributed by atoms with van der Waals surface area (Å²) in [6, 6.07) is 0. The first kappa shape index (κ1) is 11.7. The second kappa shape index (κ2) is 5.01. The molecule has 7 heteroatoms. The molecule has 0 aromatic carbocycles. The molecule has 1 amide bonds. The fourth-order valence-corrected chi connectivity index (χ4v) is 1.54. The molecule has 90 valence electrons. The van der Waals surface area contributed by atoms with E-state index in [0.29, 0.717) is 23.7 Å². The van der Waals surface area contributed by atoms with E-state index in [1.807, 2.05) is 0 Å². The van der Waals surface area contributed by atoms with Gasteiger partial charge >= 0.3 is 0 Å². The Morgan fingerprint density at radius 1 is 1.41 bits per heavy atom. The third-order valence-corrected chi connectivity index (χ3v) is 2.39. The van der Waals surface area contributed by atoms with Gasteiger partial charge in [-0.3, -0.25) is 14.2 Å². The molecule has 0 bridgehead atoms. The monoisotopic (exact) mass is 253 g/mol. The highest BCUT2D eigenvalue weighted by Crippen LogP contribution is 2.03. The number of halogens is 1. The average Bonchev–Trinajstić information content (AvgIpc) is 2.88. The number of amides is 1. The summed E-state index contributed by atoms with van der Waals surface area (Å²) >= 11 is 5.72. The van der Waals surface area contributed by atoms with Gasteiger partial charge in [-0.25, -0.2) is 0 Å². The van der Waals surface area contributed by atoms with Gasteiger partial charge in [-0.15, -0.1) is 0 Å². The smallest absolute Gasteiger partial charge is 0.254 e. The van der Waals surface area contributed by atoms with Crippen LogP contribution in [0, 0.1) is 0 Å². The highest BCUT2D eigenvalue weighted by atomic mass is 35.5. The van der Waals surface area contributed by atoms with Crippen LogP contribution in [-0.4, -0.2) is 32.0 Å². The normalized spacial score (nSPS) is 10.5. The molecule has 0 aliphatic rings. The second-order valence-electron chi connectivity index (χ2n) is 3.58. The molecule has 2 heterocycles. The zero-order valence-electron chi connectivity index (χ0n) is 9.30. The van der Waals surface area contributed by atoms with Gasteiger partial charge in [-0.1, -0.05) is 11.6 Å². The van der Waals surface area contributed by atoms with Crippen LogP contribution in [0.25, 0.3) is 0 Å². The Balaban J connectivity index is 1.81. The van der Waals surface area contributed by atoms with Crippen molar-refractivity contribution in [3.05, 3.63) is 35.4 Å². The first-order valence-corrected chi connectivity index (χ1v) is 5.48. The second-order valence-corrected chi connectivity index (χ2v) is 4.02. The van der Waals surface area contributed by atoms with Gasteiger partial charge in [0.15, 0.2) is 0 Å². The van der Waals surface area contributed by atoms with Gasteiger partial charge in [0.25, 0.3) is 5.91 Å². The Hall–Kier alpha value is -1.82. The molecule has 2 rings (SSSR count). The van der Waals surface area contributed by atoms with Gasteiger partial charge in [0.05, 0.1) is 29.5 Å². The molecule has 0 saturated carbocycles. The van der Waals surface area contributed by atoms with Crippen molar-refractivity contribution < 1.29 is 4.79 Å². The Labute approximate surface area is 103 Å². The van der Waals surface area contributed by atoms with E-state index in [9.17, 15) is 4.79 Å². The van der Waals surface area contributed by atoms with E-state index in [1.165, 1.54) is 6.20 Å². The average molecular weight is 254 g/mol. The Bertz CT molecular complexity index is 518. The van der Waals surface area contributed by atoms with Crippen LogP contribution in [0.5, 0.6) is 0 Å². The number of nitrogens with one attached hydrogen (secondary N) is 1. The lowest BCUT2D eigenvalue weighted by molar-refractivity contribution is 0.0952. The molecule has 0 spiro atoms. The topological polar surface area (TPSA) is 64.7 Å².